The van der Waals surface area contributed by atoms with E-state index >= 15 is 0 Å². The molecule has 1 aliphatic rings. The SMILES string of the molecule is COc1cc(Nc2nccc(-c3ccc(OC)c(C#N)c3)n2)cc(OC2CCN(C)CC2)c1. The van der Waals surface area contributed by atoms with Crippen molar-refractivity contribution in [2.45, 2.75) is 18.9 Å². The number of likely N-dealkylation sites (tertiary alicyclic amines) is 1. The summed E-state index contributed by atoms with van der Waals surface area (Å²) >= 11 is 0. The number of nitrogens with one attached hydrogen (secondary N) is 1. The number of benzene rings is 2. The average molecular weight is 446 g/mol. The Labute approximate surface area is 193 Å². The number of hydrogen-bond donors (Lipinski definition) is 1. The third-order valence-electron chi connectivity index (χ3n) is 5.61. The molecule has 1 N–H and O–H groups in total. The maximum absolute atomic E-state index is 9.38. The van der Waals surface area contributed by atoms with Gasteiger partial charge >= 0.3 is 0 Å². The highest BCUT2D eigenvalue weighted by Gasteiger charge is 2.18. The fraction of sp³-hybridized carbons (Fsp3) is 0.320. The van der Waals surface area contributed by atoms with Gasteiger partial charge in [0, 0.05) is 48.7 Å². The van der Waals surface area contributed by atoms with E-state index in [1.54, 1.807) is 38.6 Å². The fourth-order valence-electron chi connectivity index (χ4n) is 3.79. The van der Waals surface area contributed by atoms with Gasteiger partial charge in [-0.3, -0.25) is 0 Å². The van der Waals surface area contributed by atoms with Gasteiger partial charge in [0.2, 0.25) is 5.95 Å². The lowest BCUT2D eigenvalue weighted by Crippen LogP contribution is -2.35. The van der Waals surface area contributed by atoms with E-state index in [0.29, 0.717) is 28.7 Å². The first-order valence-electron chi connectivity index (χ1n) is 10.8. The Bertz CT molecular complexity index is 1150. The van der Waals surface area contributed by atoms with Gasteiger partial charge in [0.05, 0.1) is 25.5 Å². The smallest absolute Gasteiger partial charge is 0.227 e. The van der Waals surface area contributed by atoms with Crippen molar-refractivity contribution in [2.24, 2.45) is 0 Å². The number of hydrogen-bond acceptors (Lipinski definition) is 8. The lowest BCUT2D eigenvalue weighted by atomic mass is 10.1. The van der Waals surface area contributed by atoms with E-state index in [9.17, 15) is 5.26 Å². The first-order valence-corrected chi connectivity index (χ1v) is 10.8. The van der Waals surface area contributed by atoms with Gasteiger partial charge in [0.25, 0.3) is 0 Å². The van der Waals surface area contributed by atoms with Crippen LogP contribution in [-0.2, 0) is 0 Å². The minimum Gasteiger partial charge on any atom is -0.497 e. The highest BCUT2D eigenvalue weighted by Crippen LogP contribution is 2.30. The van der Waals surface area contributed by atoms with Crippen LogP contribution < -0.4 is 19.5 Å². The molecule has 1 saturated heterocycles. The molecule has 2 heterocycles. The number of nitrogens with zero attached hydrogens (tertiary/aromatic N) is 4. The van der Waals surface area contributed by atoms with Crippen LogP contribution in [0.25, 0.3) is 11.3 Å². The topological polar surface area (TPSA) is 92.5 Å². The number of anilines is 2. The maximum atomic E-state index is 9.38. The van der Waals surface area contributed by atoms with Crippen LogP contribution in [0, 0.1) is 11.3 Å². The summed E-state index contributed by atoms with van der Waals surface area (Å²) in [7, 11) is 5.30. The number of methoxy groups -OCH3 is 2. The molecule has 3 aromatic rings. The molecule has 0 saturated carbocycles. The molecule has 33 heavy (non-hydrogen) atoms. The Hall–Kier alpha value is -3.83. The summed E-state index contributed by atoms with van der Waals surface area (Å²) < 4.78 is 16.9. The van der Waals surface area contributed by atoms with Crippen molar-refractivity contribution in [1.29, 1.82) is 5.26 Å². The first kappa shape index (κ1) is 22.4. The van der Waals surface area contributed by atoms with Crippen LogP contribution in [0.1, 0.15) is 18.4 Å². The molecule has 0 unspecified atom stereocenters. The summed E-state index contributed by atoms with van der Waals surface area (Å²) in [5.41, 5.74) is 2.71. The minimum atomic E-state index is 0.185. The van der Waals surface area contributed by atoms with Crippen molar-refractivity contribution < 1.29 is 14.2 Å². The van der Waals surface area contributed by atoms with E-state index in [1.165, 1.54) is 0 Å². The van der Waals surface area contributed by atoms with Crippen LogP contribution in [0.15, 0.2) is 48.7 Å². The molecule has 2 aromatic carbocycles. The Morgan fingerprint density at radius 3 is 2.55 bits per heavy atom. The molecule has 1 aliphatic heterocycles. The van der Waals surface area contributed by atoms with E-state index in [2.05, 4.69) is 33.3 Å². The Morgan fingerprint density at radius 1 is 1.03 bits per heavy atom. The molecular formula is C25H27N5O3. The van der Waals surface area contributed by atoms with E-state index in [-0.39, 0.29) is 6.10 Å². The zero-order chi connectivity index (χ0) is 23.2. The number of rotatable bonds is 7. The standard InChI is InChI=1S/C25H27N5O3/c1-30-10-7-20(8-11-30)33-22-14-19(13-21(15-22)31-2)28-25-27-9-6-23(29-25)17-4-5-24(32-3)18(12-17)16-26/h4-6,9,12-15,20H,7-8,10-11H2,1-3H3,(H,27,28,29). The van der Waals surface area contributed by atoms with Crippen LogP contribution >= 0.6 is 0 Å². The molecule has 170 valence electrons. The van der Waals surface area contributed by atoms with Gasteiger partial charge in [-0.05, 0) is 44.2 Å². The molecule has 1 aromatic heterocycles. The quantitative estimate of drug-likeness (QED) is 0.577. The lowest BCUT2D eigenvalue weighted by Gasteiger charge is -2.29. The lowest BCUT2D eigenvalue weighted by molar-refractivity contribution is 0.114. The molecule has 8 nitrogen and oxygen atoms in total. The monoisotopic (exact) mass is 445 g/mol. The number of nitriles is 1. The second-order valence-corrected chi connectivity index (χ2v) is 7.94. The highest BCUT2D eigenvalue weighted by molar-refractivity contribution is 5.66. The Balaban J connectivity index is 1.55. The molecule has 8 heteroatoms. The van der Waals surface area contributed by atoms with Crippen molar-refractivity contribution in [3.05, 3.63) is 54.2 Å². The number of aromatic nitrogens is 2. The summed E-state index contributed by atoms with van der Waals surface area (Å²) in [4.78, 5) is 11.3. The van der Waals surface area contributed by atoms with Gasteiger partial charge in [0.15, 0.2) is 0 Å². The van der Waals surface area contributed by atoms with Gasteiger partial charge in [-0.1, -0.05) is 0 Å². The van der Waals surface area contributed by atoms with Gasteiger partial charge in [-0.2, -0.15) is 5.26 Å². The van der Waals surface area contributed by atoms with Gasteiger partial charge in [-0.25, -0.2) is 9.97 Å². The Kier molecular flexibility index (Phi) is 6.91. The fourth-order valence-corrected chi connectivity index (χ4v) is 3.79. The normalized spacial score (nSPS) is 14.4. The van der Waals surface area contributed by atoms with Gasteiger partial charge < -0.3 is 24.4 Å². The third-order valence-corrected chi connectivity index (χ3v) is 5.61. The maximum Gasteiger partial charge on any atom is 0.227 e. The minimum absolute atomic E-state index is 0.185. The Morgan fingerprint density at radius 2 is 1.82 bits per heavy atom. The van der Waals surface area contributed by atoms with E-state index in [0.717, 1.165) is 42.9 Å². The molecule has 0 radical (unpaired) electrons. The predicted molar refractivity (Wildman–Crippen MR) is 126 cm³/mol. The van der Waals surface area contributed by atoms with Crippen LogP contribution in [0.3, 0.4) is 0 Å². The number of piperidine rings is 1. The summed E-state index contributed by atoms with van der Waals surface area (Å²) in [6.45, 7) is 2.05. The van der Waals surface area contributed by atoms with Crippen molar-refractivity contribution in [1.82, 2.24) is 14.9 Å². The second-order valence-electron chi connectivity index (χ2n) is 7.94. The van der Waals surface area contributed by atoms with Crippen LogP contribution in [0.4, 0.5) is 11.6 Å². The van der Waals surface area contributed by atoms with Crippen molar-refractivity contribution >= 4 is 11.6 Å². The zero-order valence-corrected chi connectivity index (χ0v) is 19.0. The van der Waals surface area contributed by atoms with Crippen LogP contribution in [0.5, 0.6) is 17.2 Å². The highest BCUT2D eigenvalue weighted by atomic mass is 16.5. The zero-order valence-electron chi connectivity index (χ0n) is 19.0. The predicted octanol–water partition coefficient (Wildman–Crippen LogP) is 4.25. The average Bonchev–Trinajstić information content (AvgIpc) is 2.85. The number of ether oxygens (including phenoxy) is 3. The molecule has 0 amide bonds. The largest absolute Gasteiger partial charge is 0.497 e. The van der Waals surface area contributed by atoms with Crippen LogP contribution in [-0.4, -0.2) is 55.3 Å². The van der Waals surface area contributed by atoms with Crippen molar-refractivity contribution in [3.63, 3.8) is 0 Å². The van der Waals surface area contributed by atoms with E-state index in [1.807, 2.05) is 24.3 Å². The van der Waals surface area contributed by atoms with E-state index in [4.69, 9.17) is 14.2 Å². The van der Waals surface area contributed by atoms with E-state index < -0.39 is 0 Å². The third kappa shape index (κ3) is 5.51. The summed E-state index contributed by atoms with van der Waals surface area (Å²) in [6, 6.07) is 15.0. The summed E-state index contributed by atoms with van der Waals surface area (Å²) in [5.74, 6) is 2.40. The first-order chi connectivity index (χ1) is 16.1. The molecule has 4 rings (SSSR count). The molecule has 0 atom stereocenters. The molecule has 0 bridgehead atoms. The molecule has 0 aliphatic carbocycles. The molecule has 1 fully saturated rings. The second kappa shape index (κ2) is 10.2. The van der Waals surface area contributed by atoms with Crippen molar-refractivity contribution in [3.8, 4) is 34.6 Å². The summed E-state index contributed by atoms with van der Waals surface area (Å²) in [5, 5.41) is 12.6. The van der Waals surface area contributed by atoms with Crippen molar-refractivity contribution in [2.75, 3.05) is 39.7 Å². The molecular weight excluding hydrogens is 418 g/mol. The van der Waals surface area contributed by atoms with Gasteiger partial charge in [-0.15, -0.1) is 0 Å². The summed E-state index contributed by atoms with van der Waals surface area (Å²) in [6.07, 6.45) is 3.85. The van der Waals surface area contributed by atoms with Gasteiger partial charge in [0.1, 0.15) is 29.4 Å². The molecule has 0 spiro atoms. The van der Waals surface area contributed by atoms with Crippen LogP contribution in [0.2, 0.25) is 0 Å².